The van der Waals surface area contributed by atoms with Gasteiger partial charge in [0.2, 0.25) is 0 Å². The number of carboxylic acids is 1. The summed E-state index contributed by atoms with van der Waals surface area (Å²) >= 11 is 0. The maximum absolute atomic E-state index is 12.0. The monoisotopic (exact) mass is 284 g/mol. The molecule has 2 amide bonds. The van der Waals surface area contributed by atoms with Crippen LogP contribution in [-0.4, -0.2) is 41.6 Å². The van der Waals surface area contributed by atoms with Crippen LogP contribution in [0.25, 0.3) is 0 Å². The number of likely N-dealkylation sites (N-methyl/N-ethyl adjacent to an activating group) is 1. The fourth-order valence-corrected chi connectivity index (χ4v) is 2.15. The van der Waals surface area contributed by atoms with Crippen LogP contribution in [0.4, 0.5) is 4.79 Å². The third-order valence-corrected chi connectivity index (χ3v) is 2.94. The minimum atomic E-state index is -0.820. The van der Waals surface area contributed by atoms with Crippen molar-refractivity contribution in [2.45, 2.75) is 40.5 Å². The Hall–Kier alpha value is -1.52. The van der Waals surface area contributed by atoms with Gasteiger partial charge in [-0.15, -0.1) is 0 Å². The van der Waals surface area contributed by atoms with Gasteiger partial charge in [-0.05, 0) is 32.1 Å². The molecule has 0 aromatic carbocycles. The Kier molecular flexibility index (Phi) is 8.68. The van der Waals surface area contributed by atoms with Gasteiger partial charge in [-0.25, -0.2) is 4.79 Å². The lowest BCUT2D eigenvalue weighted by atomic mass is 9.94. The molecule has 0 aliphatic rings. The summed E-state index contributed by atoms with van der Waals surface area (Å²) in [4.78, 5) is 24.5. The first-order valence-corrected chi connectivity index (χ1v) is 7.15. The highest BCUT2D eigenvalue weighted by molar-refractivity contribution is 5.74. The highest BCUT2D eigenvalue weighted by atomic mass is 16.4. The van der Waals surface area contributed by atoms with Gasteiger partial charge >= 0.3 is 12.0 Å². The minimum Gasteiger partial charge on any atom is -0.481 e. The van der Waals surface area contributed by atoms with Crippen LogP contribution < -0.4 is 5.32 Å². The van der Waals surface area contributed by atoms with E-state index in [0.29, 0.717) is 25.6 Å². The van der Waals surface area contributed by atoms with Gasteiger partial charge in [-0.3, -0.25) is 4.79 Å². The minimum absolute atomic E-state index is 0.0278. The summed E-state index contributed by atoms with van der Waals surface area (Å²) in [6.45, 7) is 13.2. The molecule has 0 unspecified atom stereocenters. The van der Waals surface area contributed by atoms with Crippen LogP contribution in [0, 0.1) is 11.8 Å². The summed E-state index contributed by atoms with van der Waals surface area (Å²) < 4.78 is 0. The number of urea groups is 1. The summed E-state index contributed by atoms with van der Waals surface area (Å²) in [6, 6.07) is -0.158. The molecule has 0 heterocycles. The molecule has 2 N–H and O–H groups in total. The summed E-state index contributed by atoms with van der Waals surface area (Å²) in [5.74, 6) is -0.437. The zero-order valence-corrected chi connectivity index (χ0v) is 13.1. The van der Waals surface area contributed by atoms with Crippen molar-refractivity contribution in [1.82, 2.24) is 10.2 Å². The van der Waals surface area contributed by atoms with Crippen molar-refractivity contribution in [3.05, 3.63) is 12.2 Å². The quantitative estimate of drug-likeness (QED) is 0.640. The Bertz CT molecular complexity index is 340. The van der Waals surface area contributed by atoms with E-state index in [4.69, 9.17) is 5.11 Å². The number of carboxylic acid groups (broad SMARTS) is 1. The highest BCUT2D eigenvalue weighted by Crippen LogP contribution is 2.14. The molecule has 116 valence electrons. The van der Waals surface area contributed by atoms with E-state index in [-0.39, 0.29) is 18.4 Å². The van der Waals surface area contributed by atoms with Crippen LogP contribution in [0.2, 0.25) is 0 Å². The Morgan fingerprint density at radius 1 is 1.35 bits per heavy atom. The van der Waals surface area contributed by atoms with Gasteiger partial charge in [0.1, 0.15) is 0 Å². The van der Waals surface area contributed by atoms with E-state index in [1.165, 1.54) is 0 Å². The van der Waals surface area contributed by atoms with Gasteiger partial charge in [-0.1, -0.05) is 26.0 Å². The van der Waals surface area contributed by atoms with Crippen LogP contribution >= 0.6 is 0 Å². The second-order valence-electron chi connectivity index (χ2n) is 5.75. The molecule has 0 bridgehead atoms. The third-order valence-electron chi connectivity index (χ3n) is 2.94. The van der Waals surface area contributed by atoms with Gasteiger partial charge in [0, 0.05) is 26.1 Å². The van der Waals surface area contributed by atoms with Crippen molar-refractivity contribution in [2.75, 3.05) is 19.6 Å². The molecular weight excluding hydrogens is 256 g/mol. The van der Waals surface area contributed by atoms with Gasteiger partial charge in [0.15, 0.2) is 0 Å². The smallest absolute Gasteiger partial charge is 0.317 e. The van der Waals surface area contributed by atoms with Crippen LogP contribution in [0.1, 0.15) is 40.5 Å². The molecule has 0 aromatic heterocycles. The first-order valence-electron chi connectivity index (χ1n) is 7.15. The number of carbonyl (C=O) groups is 2. The molecule has 0 fully saturated rings. The summed E-state index contributed by atoms with van der Waals surface area (Å²) in [7, 11) is 0. The second kappa shape index (κ2) is 9.39. The van der Waals surface area contributed by atoms with Crippen molar-refractivity contribution in [3.63, 3.8) is 0 Å². The molecule has 20 heavy (non-hydrogen) atoms. The Balaban J connectivity index is 4.39. The van der Waals surface area contributed by atoms with Crippen LogP contribution in [-0.2, 0) is 4.79 Å². The number of hydrogen-bond acceptors (Lipinski definition) is 2. The molecule has 1 atom stereocenters. The number of aliphatic carboxylic acids is 1. The highest BCUT2D eigenvalue weighted by Gasteiger charge is 2.18. The number of carbonyl (C=O) groups excluding carboxylic acids is 1. The molecule has 0 saturated carbocycles. The Labute approximate surface area is 122 Å². The number of nitrogens with one attached hydrogen (secondary N) is 1. The van der Waals surface area contributed by atoms with Gasteiger partial charge in [0.25, 0.3) is 0 Å². The topological polar surface area (TPSA) is 69.6 Å². The second-order valence-corrected chi connectivity index (χ2v) is 5.75. The van der Waals surface area contributed by atoms with Crippen molar-refractivity contribution in [2.24, 2.45) is 11.8 Å². The van der Waals surface area contributed by atoms with Crippen molar-refractivity contribution < 1.29 is 14.7 Å². The van der Waals surface area contributed by atoms with Crippen LogP contribution in [0.3, 0.4) is 0 Å². The Morgan fingerprint density at radius 3 is 2.35 bits per heavy atom. The zero-order valence-electron chi connectivity index (χ0n) is 13.1. The van der Waals surface area contributed by atoms with Crippen molar-refractivity contribution in [3.8, 4) is 0 Å². The van der Waals surface area contributed by atoms with E-state index in [9.17, 15) is 9.59 Å². The average Bonchev–Trinajstić information content (AvgIpc) is 2.30. The van der Waals surface area contributed by atoms with E-state index >= 15 is 0 Å². The van der Waals surface area contributed by atoms with E-state index in [1.807, 2.05) is 13.8 Å². The van der Waals surface area contributed by atoms with Crippen LogP contribution in [0.15, 0.2) is 12.2 Å². The van der Waals surface area contributed by atoms with E-state index in [1.54, 1.807) is 4.90 Å². The number of rotatable bonds is 9. The predicted molar refractivity (Wildman–Crippen MR) is 80.7 cm³/mol. The zero-order chi connectivity index (χ0) is 15.7. The maximum Gasteiger partial charge on any atom is 0.317 e. The molecule has 0 saturated heterocycles. The van der Waals surface area contributed by atoms with E-state index < -0.39 is 5.97 Å². The predicted octanol–water partition coefficient (Wildman–Crippen LogP) is 2.73. The number of amides is 2. The maximum atomic E-state index is 12.0. The Morgan fingerprint density at radius 2 is 1.95 bits per heavy atom. The average molecular weight is 284 g/mol. The summed E-state index contributed by atoms with van der Waals surface area (Å²) in [6.07, 6.45) is 0.879. The first-order chi connectivity index (χ1) is 9.26. The molecule has 0 radical (unpaired) electrons. The van der Waals surface area contributed by atoms with Gasteiger partial charge < -0.3 is 15.3 Å². The lowest BCUT2D eigenvalue weighted by Gasteiger charge is -2.24. The van der Waals surface area contributed by atoms with Crippen molar-refractivity contribution in [1.29, 1.82) is 0 Å². The van der Waals surface area contributed by atoms with E-state index in [0.717, 1.165) is 12.0 Å². The SMILES string of the molecule is C=C(C)CN(CC)C(=O)NC[C@H](CC(=O)O)CC(C)C. The molecular formula is C15H28N2O3. The van der Waals surface area contributed by atoms with Gasteiger partial charge in [-0.2, -0.15) is 0 Å². The number of nitrogens with zero attached hydrogens (tertiary/aromatic N) is 1. The molecule has 0 spiro atoms. The summed E-state index contributed by atoms with van der Waals surface area (Å²) in [5, 5.41) is 11.7. The molecule has 0 aliphatic carbocycles. The van der Waals surface area contributed by atoms with Crippen LogP contribution in [0.5, 0.6) is 0 Å². The molecule has 5 nitrogen and oxygen atoms in total. The normalized spacial score (nSPS) is 12.1. The molecule has 5 heteroatoms. The lowest BCUT2D eigenvalue weighted by Crippen LogP contribution is -2.42. The molecule has 0 rings (SSSR count). The number of hydrogen-bond donors (Lipinski definition) is 2. The fraction of sp³-hybridized carbons (Fsp3) is 0.733. The summed E-state index contributed by atoms with van der Waals surface area (Å²) in [5.41, 5.74) is 0.922. The van der Waals surface area contributed by atoms with E-state index in [2.05, 4.69) is 25.7 Å². The largest absolute Gasteiger partial charge is 0.481 e. The molecule has 0 aliphatic heterocycles. The molecule has 0 aromatic rings. The standard InChI is InChI=1S/C15H28N2O3/c1-6-17(10-12(4)5)15(20)16-9-13(7-11(2)3)8-14(18)19/h11,13H,4,6-10H2,1-3,5H3,(H,16,20)(H,18,19)/t13-/m0/s1. The lowest BCUT2D eigenvalue weighted by molar-refractivity contribution is -0.138. The van der Waals surface area contributed by atoms with Gasteiger partial charge in [0.05, 0.1) is 0 Å². The van der Waals surface area contributed by atoms with Crippen molar-refractivity contribution >= 4 is 12.0 Å². The fourth-order valence-electron chi connectivity index (χ4n) is 2.15. The third kappa shape index (κ3) is 8.56. The first kappa shape index (κ1) is 18.5.